The highest BCUT2D eigenvalue weighted by Crippen LogP contribution is 2.31. The number of aliphatic hydroxyl groups is 2. The van der Waals surface area contributed by atoms with Gasteiger partial charge in [-0.1, -0.05) is 5.21 Å². The van der Waals surface area contributed by atoms with Gasteiger partial charge in [0.05, 0.1) is 31.6 Å². The van der Waals surface area contributed by atoms with Crippen LogP contribution < -0.4 is 5.32 Å². The average Bonchev–Trinajstić information content (AvgIpc) is 3.32. The molecule has 0 aliphatic carbocycles. The summed E-state index contributed by atoms with van der Waals surface area (Å²) in [5.74, 6) is -0.403. The van der Waals surface area contributed by atoms with Crippen molar-refractivity contribution < 1.29 is 34.0 Å². The van der Waals surface area contributed by atoms with Crippen LogP contribution in [0.4, 0.5) is 0 Å². The molecule has 3 N–H and O–H groups in total. The molecule has 0 radical (unpaired) electrons. The predicted molar refractivity (Wildman–Crippen MR) is 94.3 cm³/mol. The van der Waals surface area contributed by atoms with Crippen LogP contribution in [0.1, 0.15) is 25.6 Å². The number of aromatic nitrogens is 3. The number of carbonyl (C=O) groups is 1. The number of amides is 1. The van der Waals surface area contributed by atoms with Crippen LogP contribution in [-0.2, 0) is 30.3 Å². The van der Waals surface area contributed by atoms with E-state index in [4.69, 9.17) is 18.9 Å². The normalized spacial score (nSPS) is 38.1. The van der Waals surface area contributed by atoms with Crippen LogP contribution in [0.15, 0.2) is 6.20 Å². The van der Waals surface area contributed by atoms with E-state index in [0.717, 1.165) is 0 Å². The Hall–Kier alpha value is -1.63. The second-order valence-electron chi connectivity index (χ2n) is 7.18. The monoisotopic (exact) mass is 400 g/mol. The van der Waals surface area contributed by atoms with E-state index in [-0.39, 0.29) is 18.8 Å². The molecule has 1 aromatic rings. The fourth-order valence-corrected chi connectivity index (χ4v) is 3.69. The minimum absolute atomic E-state index is 0.119. The second-order valence-corrected chi connectivity index (χ2v) is 7.18. The van der Waals surface area contributed by atoms with E-state index in [0.29, 0.717) is 12.3 Å². The number of aliphatic hydroxyl groups excluding tert-OH is 2. The fourth-order valence-electron chi connectivity index (χ4n) is 3.69. The molecule has 3 heterocycles. The van der Waals surface area contributed by atoms with Gasteiger partial charge in [-0.05, 0) is 13.8 Å². The molecule has 3 rings (SSSR count). The third-order valence-electron chi connectivity index (χ3n) is 5.25. The van der Waals surface area contributed by atoms with Crippen LogP contribution >= 0.6 is 0 Å². The predicted octanol–water partition coefficient (Wildman–Crippen LogP) is -1.61. The summed E-state index contributed by atoms with van der Waals surface area (Å²) in [4.78, 5) is 12.4. The third-order valence-corrected chi connectivity index (χ3v) is 5.25. The maximum atomic E-state index is 12.4. The van der Waals surface area contributed by atoms with Crippen molar-refractivity contribution in [2.45, 2.75) is 69.2 Å². The van der Waals surface area contributed by atoms with Gasteiger partial charge in [-0.15, -0.1) is 5.10 Å². The van der Waals surface area contributed by atoms with Gasteiger partial charge in [-0.25, -0.2) is 4.68 Å². The van der Waals surface area contributed by atoms with Crippen molar-refractivity contribution in [1.29, 1.82) is 0 Å². The second kappa shape index (κ2) is 8.80. The quantitative estimate of drug-likeness (QED) is 0.494. The van der Waals surface area contributed by atoms with E-state index in [1.54, 1.807) is 27.2 Å². The van der Waals surface area contributed by atoms with E-state index in [1.165, 1.54) is 11.8 Å². The average molecular weight is 400 g/mol. The number of hydrogen-bond donors (Lipinski definition) is 3. The minimum atomic E-state index is -0.901. The lowest BCUT2D eigenvalue weighted by atomic mass is 10.1. The van der Waals surface area contributed by atoms with Gasteiger partial charge in [0.25, 0.3) is 5.91 Å². The van der Waals surface area contributed by atoms with Gasteiger partial charge < -0.3 is 34.5 Å². The molecule has 158 valence electrons. The molecular weight excluding hydrogens is 372 g/mol. The Bertz CT molecular complexity index is 672. The fraction of sp³-hybridized carbons (Fsp3) is 0.824. The maximum Gasteiger partial charge on any atom is 0.252 e. The van der Waals surface area contributed by atoms with Crippen molar-refractivity contribution >= 4 is 5.91 Å². The van der Waals surface area contributed by atoms with Crippen molar-refractivity contribution in [3.05, 3.63) is 11.9 Å². The molecule has 0 bridgehead atoms. The molecule has 2 fully saturated rings. The summed E-state index contributed by atoms with van der Waals surface area (Å²) in [7, 11) is 2.99. The van der Waals surface area contributed by atoms with Gasteiger partial charge in [0.15, 0.2) is 6.10 Å². The van der Waals surface area contributed by atoms with Crippen molar-refractivity contribution in [3.8, 4) is 0 Å². The summed E-state index contributed by atoms with van der Waals surface area (Å²) in [5, 5.41) is 31.2. The number of methoxy groups -OCH3 is 2. The van der Waals surface area contributed by atoms with E-state index in [9.17, 15) is 15.0 Å². The van der Waals surface area contributed by atoms with Crippen molar-refractivity contribution in [2.75, 3.05) is 20.8 Å². The van der Waals surface area contributed by atoms with Gasteiger partial charge in [0, 0.05) is 14.2 Å². The summed E-state index contributed by atoms with van der Waals surface area (Å²) >= 11 is 0. The van der Waals surface area contributed by atoms with Crippen LogP contribution in [0.2, 0.25) is 0 Å². The largest absolute Gasteiger partial charge is 0.388 e. The molecule has 0 saturated carbocycles. The maximum absolute atomic E-state index is 12.4. The van der Waals surface area contributed by atoms with Crippen LogP contribution in [0.25, 0.3) is 0 Å². The van der Waals surface area contributed by atoms with E-state index in [2.05, 4.69) is 15.6 Å². The van der Waals surface area contributed by atoms with Crippen LogP contribution in [0.3, 0.4) is 0 Å². The molecule has 2 saturated heterocycles. The highest BCUT2D eigenvalue weighted by atomic mass is 16.6. The van der Waals surface area contributed by atoms with Crippen LogP contribution in [-0.4, -0.2) is 94.7 Å². The lowest BCUT2D eigenvalue weighted by molar-refractivity contribution is -0.136. The van der Waals surface area contributed by atoms with Gasteiger partial charge in [-0.2, -0.15) is 0 Å². The molecule has 2 unspecified atom stereocenters. The number of nitrogens with one attached hydrogen (secondary N) is 1. The minimum Gasteiger partial charge on any atom is -0.388 e. The number of rotatable bonds is 7. The summed E-state index contributed by atoms with van der Waals surface area (Å²) < 4.78 is 23.1. The molecule has 11 heteroatoms. The standard InChI is InChI=1S/C17H28N4O7/c1-8-13(22)12(11(27-8)7-25-3)21-6-10(19-20-21)5-18-17(24)16-15(26-4)14(23)9(2)28-16/h6,8-9,11-16,22-23H,5,7H2,1-4H3,(H,18,24)/t8-,9-,11+,12?,13+,14+,15?,16-/m0/s1. The SMILES string of the molecule is COC[C@H]1O[C@@H](C)[C@@H](O)C1n1cc(CNC(=O)[C@H]2O[C@@H](C)[C@@H](O)C2OC)nn1. The van der Waals surface area contributed by atoms with Crippen LogP contribution in [0.5, 0.6) is 0 Å². The van der Waals surface area contributed by atoms with Gasteiger partial charge >= 0.3 is 0 Å². The number of carbonyl (C=O) groups excluding carboxylic acids is 1. The molecule has 8 atom stereocenters. The lowest BCUT2D eigenvalue weighted by Gasteiger charge is -2.19. The van der Waals surface area contributed by atoms with Crippen molar-refractivity contribution in [1.82, 2.24) is 20.3 Å². The molecule has 2 aliphatic heterocycles. The van der Waals surface area contributed by atoms with E-state index >= 15 is 0 Å². The molecular formula is C17H28N4O7. The lowest BCUT2D eigenvalue weighted by Crippen LogP contribution is -2.43. The summed E-state index contributed by atoms with van der Waals surface area (Å²) in [5.41, 5.74) is 0.511. The Balaban J connectivity index is 1.61. The number of hydrogen-bond acceptors (Lipinski definition) is 9. The van der Waals surface area contributed by atoms with E-state index in [1.807, 2.05) is 0 Å². The van der Waals surface area contributed by atoms with Gasteiger partial charge in [0.2, 0.25) is 0 Å². The first kappa shape index (κ1) is 21.1. The topological polar surface area (TPSA) is 137 Å². The zero-order chi connectivity index (χ0) is 20.4. The third kappa shape index (κ3) is 4.04. The first-order valence-electron chi connectivity index (χ1n) is 9.24. The first-order valence-corrected chi connectivity index (χ1v) is 9.24. The van der Waals surface area contributed by atoms with Crippen molar-refractivity contribution in [2.24, 2.45) is 0 Å². The Kier molecular flexibility index (Phi) is 6.63. The first-order chi connectivity index (χ1) is 13.4. The zero-order valence-electron chi connectivity index (χ0n) is 16.4. The molecule has 1 amide bonds. The Morgan fingerprint density at radius 3 is 2.64 bits per heavy atom. The Morgan fingerprint density at radius 2 is 1.96 bits per heavy atom. The highest BCUT2D eigenvalue weighted by Gasteiger charge is 2.46. The van der Waals surface area contributed by atoms with E-state index < -0.39 is 42.5 Å². The Labute approximate surface area is 162 Å². The Morgan fingerprint density at radius 1 is 1.25 bits per heavy atom. The zero-order valence-corrected chi connectivity index (χ0v) is 16.4. The number of ether oxygens (including phenoxy) is 4. The molecule has 0 aromatic carbocycles. The highest BCUT2D eigenvalue weighted by molar-refractivity contribution is 5.81. The van der Waals surface area contributed by atoms with Crippen molar-refractivity contribution in [3.63, 3.8) is 0 Å². The number of nitrogens with zero attached hydrogens (tertiary/aromatic N) is 3. The molecule has 0 spiro atoms. The molecule has 28 heavy (non-hydrogen) atoms. The summed E-state index contributed by atoms with van der Waals surface area (Å²) in [6.45, 7) is 3.90. The smallest absolute Gasteiger partial charge is 0.252 e. The summed E-state index contributed by atoms with van der Waals surface area (Å²) in [6.07, 6.45) is -2.79. The molecule has 2 aliphatic rings. The molecule has 1 aromatic heterocycles. The van der Waals surface area contributed by atoms with Gasteiger partial charge in [-0.3, -0.25) is 4.79 Å². The van der Waals surface area contributed by atoms with Crippen LogP contribution in [0, 0.1) is 0 Å². The summed E-state index contributed by atoms with van der Waals surface area (Å²) in [6, 6.07) is -0.432. The molecule has 11 nitrogen and oxygen atoms in total. The van der Waals surface area contributed by atoms with Gasteiger partial charge in [0.1, 0.15) is 36.2 Å².